The summed E-state index contributed by atoms with van der Waals surface area (Å²) in [7, 11) is 0. The minimum absolute atomic E-state index is 0.0122. The van der Waals surface area contributed by atoms with Gasteiger partial charge in [-0.1, -0.05) is 18.2 Å². The van der Waals surface area contributed by atoms with E-state index in [1.807, 2.05) is 6.92 Å². The number of amides is 1. The van der Waals surface area contributed by atoms with Gasteiger partial charge < -0.3 is 15.5 Å². The predicted octanol–water partition coefficient (Wildman–Crippen LogP) is 2.95. The van der Waals surface area contributed by atoms with E-state index in [4.69, 9.17) is 0 Å². The van der Waals surface area contributed by atoms with E-state index in [9.17, 15) is 19.8 Å². The molecule has 0 spiro atoms. The summed E-state index contributed by atoms with van der Waals surface area (Å²) in [5, 5.41) is 21.8. The molecule has 1 heterocycles. The van der Waals surface area contributed by atoms with Crippen molar-refractivity contribution in [3.8, 4) is 5.75 Å². The van der Waals surface area contributed by atoms with E-state index in [-0.39, 0.29) is 23.6 Å². The van der Waals surface area contributed by atoms with E-state index in [0.717, 1.165) is 4.88 Å². The summed E-state index contributed by atoms with van der Waals surface area (Å²) in [6.07, 6.45) is -0.0122. The molecule has 3 N–H and O–H groups in total. The van der Waals surface area contributed by atoms with Crippen molar-refractivity contribution in [1.29, 1.82) is 0 Å². The molecule has 0 atom stereocenters. The molecule has 0 saturated heterocycles. The van der Waals surface area contributed by atoms with Crippen LogP contribution in [0.25, 0.3) is 0 Å². The van der Waals surface area contributed by atoms with Crippen LogP contribution in [0.4, 0.5) is 5.00 Å². The highest BCUT2D eigenvalue weighted by Crippen LogP contribution is 2.32. The number of carbonyl (C=O) groups is 2. The Morgan fingerprint density at radius 1 is 1.24 bits per heavy atom. The van der Waals surface area contributed by atoms with E-state index in [1.54, 1.807) is 25.1 Å². The normalized spacial score (nSPS) is 10.4. The standard InChI is InChI=1S/C15H15NO4S/c1-8-9(2)21-14(13(8)15(19)20)16-12(18)7-10-5-3-4-6-11(10)17/h3-6,17H,7H2,1-2H3,(H,16,18)(H,19,20). The van der Waals surface area contributed by atoms with Crippen LogP contribution in [0, 0.1) is 13.8 Å². The van der Waals surface area contributed by atoms with E-state index in [1.165, 1.54) is 17.4 Å². The number of hydrogen-bond donors (Lipinski definition) is 3. The zero-order valence-electron chi connectivity index (χ0n) is 11.6. The second kappa shape index (κ2) is 5.97. The number of carboxylic acids is 1. The van der Waals surface area contributed by atoms with Gasteiger partial charge in [0, 0.05) is 10.4 Å². The van der Waals surface area contributed by atoms with Gasteiger partial charge in [-0.15, -0.1) is 11.3 Å². The number of hydrogen-bond acceptors (Lipinski definition) is 4. The van der Waals surface area contributed by atoms with Gasteiger partial charge in [-0.3, -0.25) is 4.79 Å². The second-order valence-electron chi connectivity index (χ2n) is 4.65. The molecule has 2 rings (SSSR count). The summed E-state index contributed by atoms with van der Waals surface area (Å²) < 4.78 is 0. The van der Waals surface area contributed by atoms with Gasteiger partial charge in [-0.05, 0) is 25.5 Å². The number of aromatic hydroxyl groups is 1. The summed E-state index contributed by atoms with van der Waals surface area (Å²) in [5.74, 6) is -1.38. The average Bonchev–Trinajstić information content (AvgIpc) is 2.67. The van der Waals surface area contributed by atoms with Crippen molar-refractivity contribution in [3.63, 3.8) is 0 Å². The molecule has 0 saturated carbocycles. The molecule has 1 aromatic heterocycles. The number of carboxylic acid groups (broad SMARTS) is 1. The number of anilines is 1. The monoisotopic (exact) mass is 305 g/mol. The molecule has 5 nitrogen and oxygen atoms in total. The van der Waals surface area contributed by atoms with Gasteiger partial charge in [-0.25, -0.2) is 4.79 Å². The molecule has 0 unspecified atom stereocenters. The fourth-order valence-corrected chi connectivity index (χ4v) is 3.05. The number of carbonyl (C=O) groups excluding carboxylic acids is 1. The molecule has 110 valence electrons. The molecule has 0 aliphatic carbocycles. The van der Waals surface area contributed by atoms with Crippen LogP contribution in [0.3, 0.4) is 0 Å². The number of aromatic carboxylic acids is 1. The lowest BCUT2D eigenvalue weighted by molar-refractivity contribution is -0.115. The van der Waals surface area contributed by atoms with Gasteiger partial charge >= 0.3 is 5.97 Å². The minimum Gasteiger partial charge on any atom is -0.508 e. The van der Waals surface area contributed by atoms with E-state index in [0.29, 0.717) is 16.1 Å². The van der Waals surface area contributed by atoms with Crippen molar-refractivity contribution < 1.29 is 19.8 Å². The maximum atomic E-state index is 12.0. The summed E-state index contributed by atoms with van der Waals surface area (Å²) >= 11 is 1.24. The Labute approximate surface area is 125 Å². The van der Waals surface area contributed by atoms with Crippen LogP contribution in [0.15, 0.2) is 24.3 Å². The minimum atomic E-state index is -1.06. The number of phenols is 1. The first kappa shape index (κ1) is 15.1. The summed E-state index contributed by atoms with van der Waals surface area (Å²) in [5.41, 5.74) is 1.28. The number of thiophene rings is 1. The number of benzene rings is 1. The van der Waals surface area contributed by atoms with Crippen molar-refractivity contribution in [3.05, 3.63) is 45.8 Å². The van der Waals surface area contributed by atoms with Gasteiger partial charge in [-0.2, -0.15) is 0 Å². The zero-order valence-corrected chi connectivity index (χ0v) is 12.5. The maximum Gasteiger partial charge on any atom is 0.338 e. The van der Waals surface area contributed by atoms with Crippen LogP contribution in [-0.4, -0.2) is 22.1 Å². The zero-order chi connectivity index (χ0) is 15.6. The Balaban J connectivity index is 2.19. The molecular weight excluding hydrogens is 290 g/mol. The van der Waals surface area contributed by atoms with E-state index in [2.05, 4.69) is 5.32 Å². The Bertz CT molecular complexity index is 706. The van der Waals surface area contributed by atoms with Gasteiger partial charge in [0.15, 0.2) is 0 Å². The Morgan fingerprint density at radius 2 is 1.90 bits per heavy atom. The highest BCUT2D eigenvalue weighted by molar-refractivity contribution is 7.16. The molecule has 6 heteroatoms. The third-order valence-corrected chi connectivity index (χ3v) is 4.32. The number of phenolic OH excluding ortho intramolecular Hbond substituents is 1. The highest BCUT2D eigenvalue weighted by Gasteiger charge is 2.20. The summed E-state index contributed by atoms with van der Waals surface area (Å²) in [6, 6.07) is 6.55. The maximum absolute atomic E-state index is 12.0. The first-order valence-electron chi connectivity index (χ1n) is 6.30. The van der Waals surface area contributed by atoms with Crippen LogP contribution < -0.4 is 5.32 Å². The number of nitrogens with one attached hydrogen (secondary N) is 1. The summed E-state index contributed by atoms with van der Waals surface area (Å²) in [4.78, 5) is 24.1. The van der Waals surface area contributed by atoms with Crippen LogP contribution in [0.5, 0.6) is 5.75 Å². The molecule has 0 radical (unpaired) electrons. The van der Waals surface area contributed by atoms with Crippen LogP contribution in [-0.2, 0) is 11.2 Å². The van der Waals surface area contributed by atoms with Crippen molar-refractivity contribution >= 4 is 28.2 Å². The van der Waals surface area contributed by atoms with E-state index < -0.39 is 5.97 Å². The van der Waals surface area contributed by atoms with Crippen molar-refractivity contribution in [2.24, 2.45) is 0 Å². The quantitative estimate of drug-likeness (QED) is 0.810. The van der Waals surface area contributed by atoms with Gasteiger partial charge in [0.2, 0.25) is 5.91 Å². The van der Waals surface area contributed by atoms with Gasteiger partial charge in [0.1, 0.15) is 10.8 Å². The smallest absolute Gasteiger partial charge is 0.338 e. The molecule has 21 heavy (non-hydrogen) atoms. The van der Waals surface area contributed by atoms with Crippen LogP contribution in [0.2, 0.25) is 0 Å². The fourth-order valence-electron chi connectivity index (χ4n) is 1.98. The van der Waals surface area contributed by atoms with Crippen molar-refractivity contribution in [2.45, 2.75) is 20.3 Å². The third kappa shape index (κ3) is 3.22. The third-order valence-electron chi connectivity index (χ3n) is 3.19. The van der Waals surface area contributed by atoms with Gasteiger partial charge in [0.25, 0.3) is 0 Å². The van der Waals surface area contributed by atoms with Crippen LogP contribution >= 0.6 is 11.3 Å². The fraction of sp³-hybridized carbons (Fsp3) is 0.200. The molecule has 1 amide bonds. The number of rotatable bonds is 4. The van der Waals surface area contributed by atoms with E-state index >= 15 is 0 Å². The largest absolute Gasteiger partial charge is 0.508 e. The van der Waals surface area contributed by atoms with Crippen molar-refractivity contribution in [1.82, 2.24) is 0 Å². The molecule has 0 fully saturated rings. The topological polar surface area (TPSA) is 86.6 Å². The lowest BCUT2D eigenvalue weighted by Gasteiger charge is -2.06. The molecule has 2 aromatic rings. The molecular formula is C15H15NO4S. The Hall–Kier alpha value is -2.34. The van der Waals surface area contributed by atoms with Gasteiger partial charge in [0.05, 0.1) is 12.0 Å². The summed E-state index contributed by atoms with van der Waals surface area (Å²) in [6.45, 7) is 3.53. The second-order valence-corrected chi connectivity index (χ2v) is 5.87. The molecule has 0 aliphatic rings. The van der Waals surface area contributed by atoms with Crippen LogP contribution in [0.1, 0.15) is 26.4 Å². The predicted molar refractivity (Wildman–Crippen MR) is 81.2 cm³/mol. The number of aryl methyl sites for hydroxylation is 1. The van der Waals surface area contributed by atoms with Crippen molar-refractivity contribution in [2.75, 3.05) is 5.32 Å². The molecule has 1 aromatic carbocycles. The first-order chi connectivity index (χ1) is 9.90. The lowest BCUT2D eigenvalue weighted by Crippen LogP contribution is -2.15. The Morgan fingerprint density at radius 3 is 2.52 bits per heavy atom. The molecule has 0 bridgehead atoms. The SMILES string of the molecule is Cc1sc(NC(=O)Cc2ccccc2O)c(C(=O)O)c1C. The number of para-hydroxylation sites is 1. The Kier molecular flexibility index (Phi) is 4.28. The molecule has 0 aliphatic heterocycles. The average molecular weight is 305 g/mol. The first-order valence-corrected chi connectivity index (χ1v) is 7.11. The highest BCUT2D eigenvalue weighted by atomic mass is 32.1. The lowest BCUT2D eigenvalue weighted by atomic mass is 10.1.